The summed E-state index contributed by atoms with van der Waals surface area (Å²) in [4.78, 5) is 11.0. The van der Waals surface area contributed by atoms with Gasteiger partial charge in [-0.25, -0.2) is 4.79 Å². The third-order valence-corrected chi connectivity index (χ3v) is 2.47. The maximum atomic E-state index is 11.0. The molecule has 0 heterocycles. The summed E-state index contributed by atoms with van der Waals surface area (Å²) in [5, 5.41) is 8.99. The van der Waals surface area contributed by atoms with Gasteiger partial charge >= 0.3 is 5.97 Å². The first-order valence-electron chi connectivity index (χ1n) is 5.90. The molecule has 0 aliphatic rings. The first-order valence-corrected chi connectivity index (χ1v) is 5.90. The van der Waals surface area contributed by atoms with Crippen molar-refractivity contribution in [3.05, 3.63) is 35.9 Å². The van der Waals surface area contributed by atoms with Gasteiger partial charge in [-0.3, -0.25) is 0 Å². The Morgan fingerprint density at radius 3 is 2.44 bits per heavy atom. The zero-order chi connectivity index (χ0) is 13.8. The van der Waals surface area contributed by atoms with Crippen LogP contribution < -0.4 is 4.74 Å². The predicted octanol–water partition coefficient (Wildman–Crippen LogP) is 3.60. The van der Waals surface area contributed by atoms with Gasteiger partial charge in [-0.15, -0.1) is 0 Å². The molecule has 0 aliphatic carbocycles. The van der Waals surface area contributed by atoms with E-state index in [1.165, 1.54) is 6.08 Å². The minimum absolute atomic E-state index is 0.0160. The van der Waals surface area contributed by atoms with Crippen LogP contribution in [0.1, 0.15) is 32.8 Å². The fourth-order valence-corrected chi connectivity index (χ4v) is 1.85. The fraction of sp³-hybridized carbons (Fsp3) is 0.400. The van der Waals surface area contributed by atoms with Gasteiger partial charge in [0.25, 0.3) is 0 Å². The van der Waals surface area contributed by atoms with Crippen molar-refractivity contribution in [1.82, 2.24) is 0 Å². The number of rotatable bonds is 4. The Morgan fingerprint density at radius 1 is 1.33 bits per heavy atom. The van der Waals surface area contributed by atoms with Crippen molar-refractivity contribution in [3.8, 4) is 5.75 Å². The van der Waals surface area contributed by atoms with Crippen LogP contribution in [0.4, 0.5) is 0 Å². The standard InChI is InChI=1S/C15H20O3/c1-15(2,3)10-11(9-14(16)17)12-7-5-6-8-13(12)18-4/h5-9H,10H2,1-4H3,(H,16,17)/b11-9-. The molecule has 3 heteroatoms. The molecule has 1 N–H and O–H groups in total. The summed E-state index contributed by atoms with van der Waals surface area (Å²) >= 11 is 0. The third-order valence-electron chi connectivity index (χ3n) is 2.47. The molecule has 0 unspecified atom stereocenters. The highest BCUT2D eigenvalue weighted by Gasteiger charge is 2.17. The van der Waals surface area contributed by atoms with Gasteiger partial charge in [0.2, 0.25) is 0 Å². The predicted molar refractivity (Wildman–Crippen MR) is 72.7 cm³/mol. The lowest BCUT2D eigenvalue weighted by Gasteiger charge is -2.21. The highest BCUT2D eigenvalue weighted by Crippen LogP contribution is 2.34. The number of para-hydroxylation sites is 1. The molecule has 0 bridgehead atoms. The summed E-state index contributed by atoms with van der Waals surface area (Å²) in [7, 11) is 1.59. The van der Waals surface area contributed by atoms with E-state index in [1.54, 1.807) is 7.11 Å². The summed E-state index contributed by atoms with van der Waals surface area (Å²) < 4.78 is 5.29. The minimum atomic E-state index is -0.930. The molecule has 0 atom stereocenters. The number of allylic oxidation sites excluding steroid dienone is 1. The second-order valence-electron chi connectivity index (χ2n) is 5.45. The van der Waals surface area contributed by atoms with E-state index in [0.29, 0.717) is 12.2 Å². The third kappa shape index (κ3) is 4.24. The number of hydrogen-bond donors (Lipinski definition) is 1. The number of ether oxygens (including phenoxy) is 1. The largest absolute Gasteiger partial charge is 0.496 e. The van der Waals surface area contributed by atoms with Gasteiger partial charge < -0.3 is 9.84 Å². The number of aliphatic carboxylic acids is 1. The molecule has 0 fully saturated rings. The van der Waals surface area contributed by atoms with E-state index in [2.05, 4.69) is 20.8 Å². The lowest BCUT2D eigenvalue weighted by molar-refractivity contribution is -0.131. The molecular weight excluding hydrogens is 228 g/mol. The molecular formula is C15H20O3. The normalized spacial score (nSPS) is 12.3. The zero-order valence-corrected chi connectivity index (χ0v) is 11.4. The van der Waals surface area contributed by atoms with Crippen molar-refractivity contribution in [1.29, 1.82) is 0 Å². The summed E-state index contributed by atoms with van der Waals surface area (Å²) in [6.45, 7) is 6.24. The van der Waals surface area contributed by atoms with E-state index in [4.69, 9.17) is 9.84 Å². The molecule has 0 saturated heterocycles. The topological polar surface area (TPSA) is 46.5 Å². The smallest absolute Gasteiger partial charge is 0.328 e. The summed E-state index contributed by atoms with van der Waals surface area (Å²) in [6, 6.07) is 7.49. The van der Waals surface area contributed by atoms with Crippen LogP contribution in [0.3, 0.4) is 0 Å². The average molecular weight is 248 g/mol. The number of benzene rings is 1. The quantitative estimate of drug-likeness (QED) is 0.828. The van der Waals surface area contributed by atoms with Crippen LogP contribution in [0.25, 0.3) is 5.57 Å². The SMILES string of the molecule is COc1ccccc1/C(=C\C(=O)O)CC(C)(C)C. The molecule has 98 valence electrons. The van der Waals surface area contributed by atoms with Gasteiger partial charge in [0, 0.05) is 11.6 Å². The molecule has 1 aromatic carbocycles. The van der Waals surface area contributed by atoms with Crippen molar-refractivity contribution < 1.29 is 14.6 Å². The molecule has 0 aromatic heterocycles. The Labute approximate surface area is 108 Å². The molecule has 0 saturated carbocycles. The van der Waals surface area contributed by atoms with Gasteiger partial charge in [0.1, 0.15) is 5.75 Å². The number of carboxylic acids is 1. The average Bonchev–Trinajstić information content (AvgIpc) is 2.25. The molecule has 0 radical (unpaired) electrons. The number of methoxy groups -OCH3 is 1. The summed E-state index contributed by atoms with van der Waals surface area (Å²) in [5.41, 5.74) is 1.65. The van der Waals surface area contributed by atoms with Gasteiger partial charge in [-0.05, 0) is 23.5 Å². The number of carboxylic acid groups (broad SMARTS) is 1. The van der Waals surface area contributed by atoms with E-state index in [9.17, 15) is 4.79 Å². The van der Waals surface area contributed by atoms with Crippen molar-refractivity contribution in [2.24, 2.45) is 5.41 Å². The van der Waals surface area contributed by atoms with Gasteiger partial charge in [-0.2, -0.15) is 0 Å². The second kappa shape index (κ2) is 5.71. The zero-order valence-electron chi connectivity index (χ0n) is 11.4. The van der Waals surface area contributed by atoms with Crippen LogP contribution in [0.2, 0.25) is 0 Å². The second-order valence-corrected chi connectivity index (χ2v) is 5.45. The first kappa shape index (κ1) is 14.3. The van der Waals surface area contributed by atoms with E-state index in [-0.39, 0.29) is 5.41 Å². The molecule has 3 nitrogen and oxygen atoms in total. The monoisotopic (exact) mass is 248 g/mol. The van der Waals surface area contributed by atoms with Gasteiger partial charge in [0.15, 0.2) is 0 Å². The Hall–Kier alpha value is -1.77. The molecule has 1 rings (SSSR count). The van der Waals surface area contributed by atoms with Crippen LogP contribution in [0.5, 0.6) is 5.75 Å². The van der Waals surface area contributed by atoms with Gasteiger partial charge in [-0.1, -0.05) is 39.0 Å². The Balaban J connectivity index is 3.22. The van der Waals surface area contributed by atoms with E-state index in [1.807, 2.05) is 24.3 Å². The first-order chi connectivity index (χ1) is 8.33. The van der Waals surface area contributed by atoms with E-state index >= 15 is 0 Å². The number of carbonyl (C=O) groups is 1. The van der Waals surface area contributed by atoms with E-state index < -0.39 is 5.97 Å². The minimum Gasteiger partial charge on any atom is -0.496 e. The van der Waals surface area contributed by atoms with Crippen LogP contribution in [-0.2, 0) is 4.79 Å². The Bertz CT molecular complexity index is 453. The van der Waals surface area contributed by atoms with Crippen LogP contribution in [0.15, 0.2) is 30.3 Å². The lowest BCUT2D eigenvalue weighted by Crippen LogP contribution is -2.08. The molecule has 0 spiro atoms. The number of hydrogen-bond acceptors (Lipinski definition) is 2. The summed E-state index contributed by atoms with van der Waals surface area (Å²) in [5.74, 6) is -0.227. The maximum Gasteiger partial charge on any atom is 0.328 e. The summed E-state index contributed by atoms with van der Waals surface area (Å²) in [6.07, 6.45) is 1.95. The fourth-order valence-electron chi connectivity index (χ4n) is 1.85. The Kier molecular flexibility index (Phi) is 4.54. The highest BCUT2D eigenvalue weighted by atomic mass is 16.5. The van der Waals surface area contributed by atoms with Gasteiger partial charge in [0.05, 0.1) is 7.11 Å². The Morgan fingerprint density at radius 2 is 1.94 bits per heavy atom. The van der Waals surface area contributed by atoms with Crippen molar-refractivity contribution >= 4 is 11.5 Å². The molecule has 0 aliphatic heterocycles. The highest BCUT2D eigenvalue weighted by molar-refractivity contribution is 5.91. The lowest BCUT2D eigenvalue weighted by atomic mass is 9.85. The van der Waals surface area contributed by atoms with Crippen LogP contribution >= 0.6 is 0 Å². The van der Waals surface area contributed by atoms with E-state index in [0.717, 1.165) is 11.1 Å². The van der Waals surface area contributed by atoms with Crippen LogP contribution in [0, 0.1) is 5.41 Å². The molecule has 0 amide bonds. The van der Waals surface area contributed by atoms with Crippen molar-refractivity contribution in [3.63, 3.8) is 0 Å². The molecule has 18 heavy (non-hydrogen) atoms. The molecule has 1 aromatic rings. The van der Waals surface area contributed by atoms with Crippen molar-refractivity contribution in [2.45, 2.75) is 27.2 Å². The van der Waals surface area contributed by atoms with Crippen molar-refractivity contribution in [2.75, 3.05) is 7.11 Å². The van der Waals surface area contributed by atoms with Crippen LogP contribution in [-0.4, -0.2) is 18.2 Å². The maximum absolute atomic E-state index is 11.0.